The first-order chi connectivity index (χ1) is 9.61. The molecule has 2 aromatic rings. The molecule has 1 N–H and O–H groups in total. The highest BCUT2D eigenvalue weighted by molar-refractivity contribution is 9.10. The first-order valence-electron chi connectivity index (χ1n) is 6.40. The molecule has 0 saturated heterocycles. The van der Waals surface area contributed by atoms with E-state index in [-0.39, 0.29) is 11.6 Å². The molecule has 1 aromatic carbocycles. The van der Waals surface area contributed by atoms with Gasteiger partial charge in [-0.15, -0.1) is 0 Å². The smallest absolute Gasteiger partial charge is 0.223 e. The molecular formula is C15H16BrFN2O. The van der Waals surface area contributed by atoms with Crippen LogP contribution >= 0.6 is 15.9 Å². The van der Waals surface area contributed by atoms with Gasteiger partial charge in [0.05, 0.1) is 0 Å². The van der Waals surface area contributed by atoms with Gasteiger partial charge in [0.1, 0.15) is 0 Å². The number of halogens is 2. The Morgan fingerprint density at radius 3 is 2.95 bits per heavy atom. The van der Waals surface area contributed by atoms with Crippen LogP contribution in [-0.2, 0) is 6.54 Å². The van der Waals surface area contributed by atoms with Crippen molar-refractivity contribution in [2.75, 3.05) is 6.54 Å². The Morgan fingerprint density at radius 2 is 2.20 bits per heavy atom. The summed E-state index contributed by atoms with van der Waals surface area (Å²) in [6.45, 7) is 5.18. The lowest BCUT2D eigenvalue weighted by atomic mass is 10.2. The molecule has 0 fully saturated rings. The van der Waals surface area contributed by atoms with Crippen LogP contribution in [0.3, 0.4) is 0 Å². The standard InChI is InChI=1S/C15H16BrFN2O/c1-3-18-8-11-7-12(16)9-19-15(11)20-13-6-4-5-10(2)14(13)17/h4-7,9,18H,3,8H2,1-2H3. The summed E-state index contributed by atoms with van der Waals surface area (Å²) in [5, 5.41) is 3.21. The third-order valence-electron chi connectivity index (χ3n) is 2.82. The number of hydrogen-bond donors (Lipinski definition) is 1. The summed E-state index contributed by atoms with van der Waals surface area (Å²) >= 11 is 3.38. The number of pyridine rings is 1. The second kappa shape index (κ2) is 6.81. The number of nitrogens with zero attached hydrogens (tertiary/aromatic N) is 1. The normalized spacial score (nSPS) is 10.6. The van der Waals surface area contributed by atoms with Crippen LogP contribution in [0.2, 0.25) is 0 Å². The minimum absolute atomic E-state index is 0.192. The van der Waals surface area contributed by atoms with Crippen LogP contribution in [0.25, 0.3) is 0 Å². The Morgan fingerprint density at radius 1 is 1.40 bits per heavy atom. The second-order valence-electron chi connectivity index (χ2n) is 4.39. The van der Waals surface area contributed by atoms with Gasteiger partial charge in [0.15, 0.2) is 11.6 Å². The van der Waals surface area contributed by atoms with E-state index in [0.29, 0.717) is 18.0 Å². The molecule has 0 amide bonds. The van der Waals surface area contributed by atoms with Crippen LogP contribution in [0.5, 0.6) is 11.6 Å². The Bertz CT molecular complexity index is 604. The predicted molar refractivity (Wildman–Crippen MR) is 80.5 cm³/mol. The van der Waals surface area contributed by atoms with Gasteiger partial charge in [-0.3, -0.25) is 0 Å². The average molecular weight is 339 g/mol. The molecule has 1 heterocycles. The average Bonchev–Trinajstić information content (AvgIpc) is 2.44. The van der Waals surface area contributed by atoms with Crippen molar-refractivity contribution in [3.05, 3.63) is 51.9 Å². The fourth-order valence-electron chi connectivity index (χ4n) is 1.75. The van der Waals surface area contributed by atoms with E-state index in [0.717, 1.165) is 16.6 Å². The van der Waals surface area contributed by atoms with Crippen molar-refractivity contribution in [1.82, 2.24) is 10.3 Å². The van der Waals surface area contributed by atoms with E-state index in [1.807, 2.05) is 13.0 Å². The SMILES string of the molecule is CCNCc1cc(Br)cnc1Oc1cccc(C)c1F. The molecule has 0 spiro atoms. The molecule has 3 nitrogen and oxygen atoms in total. The molecule has 20 heavy (non-hydrogen) atoms. The van der Waals surface area contributed by atoms with Crippen molar-refractivity contribution in [3.63, 3.8) is 0 Å². The van der Waals surface area contributed by atoms with Gasteiger partial charge in [-0.1, -0.05) is 19.1 Å². The van der Waals surface area contributed by atoms with E-state index in [1.54, 1.807) is 31.3 Å². The molecule has 106 valence electrons. The zero-order valence-corrected chi connectivity index (χ0v) is 13.0. The van der Waals surface area contributed by atoms with Crippen LogP contribution < -0.4 is 10.1 Å². The van der Waals surface area contributed by atoms with Crippen molar-refractivity contribution in [2.24, 2.45) is 0 Å². The van der Waals surface area contributed by atoms with Crippen molar-refractivity contribution in [2.45, 2.75) is 20.4 Å². The molecule has 0 radical (unpaired) electrons. The molecule has 0 bridgehead atoms. The first kappa shape index (κ1) is 14.9. The molecule has 0 aliphatic carbocycles. The van der Waals surface area contributed by atoms with Gasteiger partial charge in [-0.2, -0.15) is 0 Å². The van der Waals surface area contributed by atoms with E-state index in [4.69, 9.17) is 4.74 Å². The van der Waals surface area contributed by atoms with Crippen molar-refractivity contribution in [3.8, 4) is 11.6 Å². The number of rotatable bonds is 5. The fraction of sp³-hybridized carbons (Fsp3) is 0.267. The Balaban J connectivity index is 2.30. The molecule has 2 rings (SSSR count). The first-order valence-corrected chi connectivity index (χ1v) is 7.19. The Labute approximate surface area is 126 Å². The predicted octanol–water partition coefficient (Wildman–Crippen LogP) is 4.19. The van der Waals surface area contributed by atoms with E-state index in [2.05, 4.69) is 26.2 Å². The van der Waals surface area contributed by atoms with Crippen LogP contribution in [0.4, 0.5) is 4.39 Å². The summed E-state index contributed by atoms with van der Waals surface area (Å²) in [4.78, 5) is 4.22. The maximum absolute atomic E-state index is 14.0. The van der Waals surface area contributed by atoms with Gasteiger partial charge < -0.3 is 10.1 Å². The number of aryl methyl sites for hydroxylation is 1. The molecule has 1 aromatic heterocycles. The van der Waals surface area contributed by atoms with E-state index >= 15 is 0 Å². The summed E-state index contributed by atoms with van der Waals surface area (Å²) in [5.41, 5.74) is 1.43. The Kier molecular flexibility index (Phi) is 5.09. The molecule has 5 heteroatoms. The number of nitrogens with one attached hydrogen (secondary N) is 1. The maximum Gasteiger partial charge on any atom is 0.223 e. The van der Waals surface area contributed by atoms with Crippen molar-refractivity contribution < 1.29 is 9.13 Å². The Hall–Kier alpha value is -1.46. The van der Waals surface area contributed by atoms with E-state index in [1.165, 1.54) is 0 Å². The van der Waals surface area contributed by atoms with Crippen LogP contribution in [0.15, 0.2) is 34.9 Å². The van der Waals surface area contributed by atoms with Gasteiger partial charge >= 0.3 is 0 Å². The summed E-state index contributed by atoms with van der Waals surface area (Å²) in [6.07, 6.45) is 1.64. The largest absolute Gasteiger partial charge is 0.436 e. The molecule has 0 atom stereocenters. The monoisotopic (exact) mass is 338 g/mol. The van der Waals surface area contributed by atoms with E-state index in [9.17, 15) is 4.39 Å². The molecule has 0 aliphatic rings. The fourth-order valence-corrected chi connectivity index (χ4v) is 2.13. The zero-order valence-electron chi connectivity index (χ0n) is 11.4. The number of aromatic nitrogens is 1. The third-order valence-corrected chi connectivity index (χ3v) is 3.25. The highest BCUT2D eigenvalue weighted by Crippen LogP contribution is 2.28. The molecular weight excluding hydrogens is 323 g/mol. The molecule has 0 aliphatic heterocycles. The summed E-state index contributed by atoms with van der Waals surface area (Å²) in [6, 6.07) is 6.98. The molecule has 0 unspecified atom stereocenters. The lowest BCUT2D eigenvalue weighted by molar-refractivity contribution is 0.419. The quantitative estimate of drug-likeness (QED) is 0.887. The molecule has 0 saturated carbocycles. The van der Waals surface area contributed by atoms with Gasteiger partial charge in [0.2, 0.25) is 5.88 Å². The van der Waals surface area contributed by atoms with Gasteiger partial charge in [-0.05, 0) is 47.1 Å². The highest BCUT2D eigenvalue weighted by Gasteiger charge is 2.11. The van der Waals surface area contributed by atoms with Crippen molar-refractivity contribution in [1.29, 1.82) is 0 Å². The van der Waals surface area contributed by atoms with Gasteiger partial charge in [0, 0.05) is 22.8 Å². The van der Waals surface area contributed by atoms with Crippen LogP contribution in [0.1, 0.15) is 18.1 Å². The highest BCUT2D eigenvalue weighted by atomic mass is 79.9. The van der Waals surface area contributed by atoms with E-state index < -0.39 is 0 Å². The summed E-state index contributed by atoms with van der Waals surface area (Å²) in [7, 11) is 0. The zero-order chi connectivity index (χ0) is 14.5. The summed E-state index contributed by atoms with van der Waals surface area (Å²) in [5.74, 6) is 0.253. The third kappa shape index (κ3) is 3.55. The van der Waals surface area contributed by atoms with Crippen LogP contribution in [0, 0.1) is 12.7 Å². The number of benzene rings is 1. The van der Waals surface area contributed by atoms with Crippen LogP contribution in [-0.4, -0.2) is 11.5 Å². The topological polar surface area (TPSA) is 34.2 Å². The minimum Gasteiger partial charge on any atom is -0.436 e. The number of hydrogen-bond acceptors (Lipinski definition) is 3. The van der Waals surface area contributed by atoms with Crippen molar-refractivity contribution >= 4 is 15.9 Å². The van der Waals surface area contributed by atoms with Gasteiger partial charge in [0.25, 0.3) is 0 Å². The minimum atomic E-state index is -0.355. The second-order valence-corrected chi connectivity index (χ2v) is 5.30. The number of ether oxygens (including phenoxy) is 1. The lowest BCUT2D eigenvalue weighted by Crippen LogP contribution is -2.13. The lowest BCUT2D eigenvalue weighted by Gasteiger charge is -2.12. The summed E-state index contributed by atoms with van der Waals surface area (Å²) < 4.78 is 20.5. The van der Waals surface area contributed by atoms with Gasteiger partial charge in [-0.25, -0.2) is 9.37 Å². The maximum atomic E-state index is 14.0.